The van der Waals surface area contributed by atoms with E-state index in [-0.39, 0.29) is 0 Å². The highest BCUT2D eigenvalue weighted by Crippen LogP contribution is 2.31. The van der Waals surface area contributed by atoms with Crippen molar-refractivity contribution in [1.29, 1.82) is 0 Å². The molecule has 0 aliphatic heterocycles. The molecular weight excluding hydrogens is 230 g/mol. The highest BCUT2D eigenvalue weighted by atomic mass is 16.5. The van der Waals surface area contributed by atoms with Gasteiger partial charge in [0.05, 0.1) is 31.8 Å². The van der Waals surface area contributed by atoms with Crippen LogP contribution in [0.25, 0.3) is 11.4 Å². The molecule has 0 unspecified atom stereocenters. The molecule has 94 valence electrons. The van der Waals surface area contributed by atoms with E-state index in [4.69, 9.17) is 15.2 Å². The molecule has 0 saturated carbocycles. The van der Waals surface area contributed by atoms with Gasteiger partial charge in [0, 0.05) is 5.56 Å². The Kier molecular flexibility index (Phi) is 3.62. The van der Waals surface area contributed by atoms with Crippen LogP contribution in [0.3, 0.4) is 0 Å². The maximum absolute atomic E-state index is 5.56. The van der Waals surface area contributed by atoms with Crippen LogP contribution in [0.2, 0.25) is 0 Å². The van der Waals surface area contributed by atoms with Crippen molar-refractivity contribution in [2.45, 2.75) is 6.92 Å². The van der Waals surface area contributed by atoms with Gasteiger partial charge in [0.15, 0.2) is 17.3 Å². The Morgan fingerprint density at radius 2 is 1.89 bits per heavy atom. The molecule has 0 aliphatic rings. The smallest absolute Gasteiger partial charge is 0.161 e. The normalized spacial score (nSPS) is 10.1. The van der Waals surface area contributed by atoms with Crippen molar-refractivity contribution in [3.8, 4) is 22.9 Å². The van der Waals surface area contributed by atoms with Gasteiger partial charge in [-0.2, -0.15) is 0 Å². The summed E-state index contributed by atoms with van der Waals surface area (Å²) in [5.41, 5.74) is 6.96. The molecular formula is C13H15N3O2. The summed E-state index contributed by atoms with van der Waals surface area (Å²) < 4.78 is 10.7. The Hall–Kier alpha value is -2.30. The molecule has 0 fully saturated rings. The van der Waals surface area contributed by atoms with Crippen LogP contribution in [-0.2, 0) is 0 Å². The molecule has 5 nitrogen and oxygen atoms in total. The monoisotopic (exact) mass is 245 g/mol. The summed E-state index contributed by atoms with van der Waals surface area (Å²) in [6.45, 7) is 2.49. The fourth-order valence-corrected chi connectivity index (χ4v) is 1.57. The third kappa shape index (κ3) is 2.51. The van der Waals surface area contributed by atoms with Crippen LogP contribution in [0.5, 0.6) is 11.5 Å². The second-order valence-electron chi connectivity index (χ2n) is 3.64. The number of hydrogen-bond acceptors (Lipinski definition) is 5. The van der Waals surface area contributed by atoms with Crippen molar-refractivity contribution in [3.63, 3.8) is 0 Å². The van der Waals surface area contributed by atoms with Crippen molar-refractivity contribution in [2.24, 2.45) is 0 Å². The van der Waals surface area contributed by atoms with E-state index in [1.54, 1.807) is 19.5 Å². The van der Waals surface area contributed by atoms with Gasteiger partial charge in [-0.05, 0) is 25.1 Å². The van der Waals surface area contributed by atoms with Gasteiger partial charge in [0.25, 0.3) is 0 Å². The van der Waals surface area contributed by atoms with Crippen LogP contribution in [0, 0.1) is 0 Å². The summed E-state index contributed by atoms with van der Waals surface area (Å²) in [7, 11) is 1.61. The Bertz CT molecular complexity index is 526. The second kappa shape index (κ2) is 5.35. The first-order valence-electron chi connectivity index (χ1n) is 5.63. The fraction of sp³-hybridized carbons (Fsp3) is 0.231. The zero-order chi connectivity index (χ0) is 13.0. The second-order valence-corrected chi connectivity index (χ2v) is 3.64. The van der Waals surface area contributed by atoms with Crippen molar-refractivity contribution in [3.05, 3.63) is 30.6 Å². The van der Waals surface area contributed by atoms with Gasteiger partial charge in [-0.3, -0.25) is 0 Å². The summed E-state index contributed by atoms with van der Waals surface area (Å²) in [5.74, 6) is 1.97. The molecule has 0 amide bonds. The Balaban J connectivity index is 2.39. The first-order chi connectivity index (χ1) is 8.74. The molecule has 1 aromatic heterocycles. The highest BCUT2D eigenvalue weighted by molar-refractivity contribution is 5.61. The number of anilines is 1. The molecule has 0 spiro atoms. The SMILES string of the molecule is CCOc1cc(-c2ncc(N)cn2)ccc1OC. The molecule has 2 N–H and O–H groups in total. The summed E-state index contributed by atoms with van der Waals surface area (Å²) in [5, 5.41) is 0. The largest absolute Gasteiger partial charge is 0.493 e. The molecule has 0 aliphatic carbocycles. The molecule has 0 saturated heterocycles. The van der Waals surface area contributed by atoms with Gasteiger partial charge in [-0.1, -0.05) is 0 Å². The first kappa shape index (κ1) is 12.2. The maximum Gasteiger partial charge on any atom is 0.161 e. The number of nitrogens with zero attached hydrogens (tertiary/aromatic N) is 2. The number of hydrogen-bond donors (Lipinski definition) is 1. The predicted molar refractivity (Wildman–Crippen MR) is 69.6 cm³/mol. The number of nitrogen functional groups attached to an aromatic ring is 1. The average Bonchev–Trinajstić information content (AvgIpc) is 2.40. The lowest BCUT2D eigenvalue weighted by molar-refractivity contribution is 0.311. The number of benzene rings is 1. The van der Waals surface area contributed by atoms with E-state index in [1.165, 1.54) is 0 Å². The lowest BCUT2D eigenvalue weighted by Crippen LogP contribution is -1.97. The molecule has 0 atom stereocenters. The van der Waals surface area contributed by atoms with Gasteiger partial charge in [-0.15, -0.1) is 0 Å². The van der Waals surface area contributed by atoms with Crippen molar-refractivity contribution in [2.75, 3.05) is 19.5 Å². The number of nitrogens with two attached hydrogens (primary N) is 1. The standard InChI is InChI=1S/C13H15N3O2/c1-3-18-12-6-9(4-5-11(12)17-2)13-15-7-10(14)8-16-13/h4-8H,3,14H2,1-2H3. The van der Waals surface area contributed by atoms with Crippen LogP contribution in [0.4, 0.5) is 5.69 Å². The van der Waals surface area contributed by atoms with E-state index in [0.717, 1.165) is 5.56 Å². The van der Waals surface area contributed by atoms with E-state index in [2.05, 4.69) is 9.97 Å². The Labute approximate surface area is 106 Å². The van der Waals surface area contributed by atoms with Crippen LogP contribution < -0.4 is 15.2 Å². The highest BCUT2D eigenvalue weighted by Gasteiger charge is 2.08. The summed E-state index contributed by atoms with van der Waals surface area (Å²) >= 11 is 0. The van der Waals surface area contributed by atoms with Crippen LogP contribution >= 0.6 is 0 Å². The molecule has 2 aromatic rings. The van der Waals surface area contributed by atoms with Crippen molar-refractivity contribution < 1.29 is 9.47 Å². The van der Waals surface area contributed by atoms with E-state index in [0.29, 0.717) is 29.6 Å². The van der Waals surface area contributed by atoms with Crippen molar-refractivity contribution in [1.82, 2.24) is 9.97 Å². The van der Waals surface area contributed by atoms with E-state index in [1.807, 2.05) is 25.1 Å². The number of methoxy groups -OCH3 is 1. The molecule has 18 heavy (non-hydrogen) atoms. The number of ether oxygens (including phenoxy) is 2. The van der Waals surface area contributed by atoms with E-state index in [9.17, 15) is 0 Å². The summed E-state index contributed by atoms with van der Waals surface area (Å²) in [6.07, 6.45) is 3.15. The minimum Gasteiger partial charge on any atom is -0.493 e. The average molecular weight is 245 g/mol. The van der Waals surface area contributed by atoms with E-state index < -0.39 is 0 Å². The molecule has 1 heterocycles. The van der Waals surface area contributed by atoms with Gasteiger partial charge in [0.1, 0.15) is 0 Å². The lowest BCUT2D eigenvalue weighted by atomic mass is 10.2. The molecule has 1 aromatic carbocycles. The molecule has 0 radical (unpaired) electrons. The quantitative estimate of drug-likeness (QED) is 0.893. The summed E-state index contributed by atoms with van der Waals surface area (Å²) in [6, 6.07) is 5.57. The predicted octanol–water partition coefficient (Wildman–Crippen LogP) is 2.13. The molecule has 2 rings (SSSR count). The topological polar surface area (TPSA) is 70.3 Å². The van der Waals surface area contributed by atoms with E-state index >= 15 is 0 Å². The molecule has 0 bridgehead atoms. The van der Waals surface area contributed by atoms with Crippen LogP contribution in [0.15, 0.2) is 30.6 Å². The maximum atomic E-state index is 5.56. The van der Waals surface area contributed by atoms with Gasteiger partial charge in [-0.25, -0.2) is 9.97 Å². The van der Waals surface area contributed by atoms with Gasteiger partial charge in [0.2, 0.25) is 0 Å². The lowest BCUT2D eigenvalue weighted by Gasteiger charge is -2.10. The zero-order valence-corrected chi connectivity index (χ0v) is 10.4. The number of rotatable bonds is 4. The van der Waals surface area contributed by atoms with Gasteiger partial charge >= 0.3 is 0 Å². The zero-order valence-electron chi connectivity index (χ0n) is 10.4. The Morgan fingerprint density at radius 1 is 1.17 bits per heavy atom. The van der Waals surface area contributed by atoms with Crippen LogP contribution in [0.1, 0.15) is 6.92 Å². The Morgan fingerprint density at radius 3 is 2.50 bits per heavy atom. The minimum absolute atomic E-state index is 0.539. The first-order valence-corrected chi connectivity index (χ1v) is 5.63. The minimum atomic E-state index is 0.539. The summed E-state index contributed by atoms with van der Waals surface area (Å²) in [4.78, 5) is 8.35. The van der Waals surface area contributed by atoms with Crippen LogP contribution in [-0.4, -0.2) is 23.7 Å². The van der Waals surface area contributed by atoms with Crippen molar-refractivity contribution >= 4 is 5.69 Å². The molecule has 5 heteroatoms. The van der Waals surface area contributed by atoms with Gasteiger partial charge < -0.3 is 15.2 Å². The third-order valence-corrected chi connectivity index (χ3v) is 2.39. The number of aromatic nitrogens is 2. The fourth-order valence-electron chi connectivity index (χ4n) is 1.57. The third-order valence-electron chi connectivity index (χ3n) is 2.39.